The van der Waals surface area contributed by atoms with Crippen LogP contribution in [0.2, 0.25) is 0 Å². The van der Waals surface area contributed by atoms with E-state index in [9.17, 15) is 5.11 Å². The third-order valence-electron chi connectivity index (χ3n) is 2.51. The minimum absolute atomic E-state index is 0.341. The zero-order valence-electron chi connectivity index (χ0n) is 10.3. The number of ether oxygens (including phenoxy) is 1. The quantitative estimate of drug-likeness (QED) is 0.719. The van der Waals surface area contributed by atoms with Crippen LogP contribution in [0.4, 0.5) is 0 Å². The first-order valence-corrected chi connectivity index (χ1v) is 6.03. The van der Waals surface area contributed by atoms with Gasteiger partial charge in [0.15, 0.2) is 0 Å². The summed E-state index contributed by atoms with van der Waals surface area (Å²) in [6, 6.07) is 8.42. The second kappa shape index (κ2) is 7.42. The molecule has 0 aromatic heterocycles. The van der Waals surface area contributed by atoms with Crippen molar-refractivity contribution >= 4 is 0 Å². The van der Waals surface area contributed by atoms with E-state index >= 15 is 0 Å². The van der Waals surface area contributed by atoms with Crippen LogP contribution in [0.1, 0.15) is 30.9 Å². The zero-order chi connectivity index (χ0) is 11.8. The smallest absolute Gasteiger partial charge is 0.0776 e. The molecule has 0 fully saturated rings. The van der Waals surface area contributed by atoms with Gasteiger partial charge in [-0.2, -0.15) is 0 Å². The lowest BCUT2D eigenvalue weighted by atomic mass is 10.1. The molecule has 16 heavy (non-hydrogen) atoms. The maximum atomic E-state index is 9.68. The third-order valence-corrected chi connectivity index (χ3v) is 2.51. The fourth-order valence-electron chi connectivity index (χ4n) is 1.65. The Kier molecular flexibility index (Phi) is 6.12. The van der Waals surface area contributed by atoms with Crippen LogP contribution in [0.25, 0.3) is 0 Å². The summed E-state index contributed by atoms with van der Waals surface area (Å²) in [6.45, 7) is 5.35. The summed E-state index contributed by atoms with van der Waals surface area (Å²) in [5, 5.41) is 9.68. The van der Waals surface area contributed by atoms with E-state index in [1.54, 1.807) is 0 Å². The number of aliphatic hydroxyl groups is 1. The van der Waals surface area contributed by atoms with E-state index in [4.69, 9.17) is 4.74 Å². The van der Waals surface area contributed by atoms with Gasteiger partial charge in [0.1, 0.15) is 0 Å². The van der Waals surface area contributed by atoms with E-state index in [0.717, 1.165) is 25.9 Å². The van der Waals surface area contributed by atoms with Crippen molar-refractivity contribution in [3.8, 4) is 0 Å². The number of hydrogen-bond acceptors (Lipinski definition) is 2. The van der Waals surface area contributed by atoms with Crippen molar-refractivity contribution in [2.75, 3.05) is 13.2 Å². The molecule has 1 aromatic rings. The predicted molar refractivity (Wildman–Crippen MR) is 66.6 cm³/mol. The maximum absolute atomic E-state index is 9.68. The first-order chi connectivity index (χ1) is 7.72. The fraction of sp³-hybridized carbons (Fsp3) is 0.571. The first-order valence-electron chi connectivity index (χ1n) is 6.03. The van der Waals surface area contributed by atoms with Gasteiger partial charge in [0, 0.05) is 6.61 Å². The molecule has 1 aromatic carbocycles. The molecular weight excluding hydrogens is 200 g/mol. The monoisotopic (exact) mass is 222 g/mol. The average molecular weight is 222 g/mol. The Morgan fingerprint density at radius 3 is 2.88 bits per heavy atom. The van der Waals surface area contributed by atoms with Crippen molar-refractivity contribution in [3.63, 3.8) is 0 Å². The topological polar surface area (TPSA) is 29.5 Å². The lowest BCUT2D eigenvalue weighted by molar-refractivity contribution is 0.0330. The largest absolute Gasteiger partial charge is 0.391 e. The van der Waals surface area contributed by atoms with Crippen LogP contribution in [-0.2, 0) is 11.2 Å². The van der Waals surface area contributed by atoms with Gasteiger partial charge >= 0.3 is 0 Å². The summed E-state index contributed by atoms with van der Waals surface area (Å²) in [6.07, 6.45) is 2.35. The van der Waals surface area contributed by atoms with E-state index in [1.807, 2.05) is 0 Å². The maximum Gasteiger partial charge on any atom is 0.0776 e. The van der Waals surface area contributed by atoms with Crippen LogP contribution < -0.4 is 0 Å². The fourth-order valence-corrected chi connectivity index (χ4v) is 1.65. The van der Waals surface area contributed by atoms with Crippen molar-refractivity contribution in [2.45, 2.75) is 39.2 Å². The molecule has 0 spiro atoms. The van der Waals surface area contributed by atoms with E-state index in [-0.39, 0.29) is 6.10 Å². The average Bonchev–Trinajstić information content (AvgIpc) is 2.27. The molecule has 0 aliphatic heterocycles. The second-order valence-corrected chi connectivity index (χ2v) is 4.26. The van der Waals surface area contributed by atoms with Crippen molar-refractivity contribution < 1.29 is 9.84 Å². The second-order valence-electron chi connectivity index (χ2n) is 4.26. The Morgan fingerprint density at radius 1 is 1.38 bits per heavy atom. The SMILES string of the molecule is CCCOCC(O)CCc1cccc(C)c1. The van der Waals surface area contributed by atoms with Gasteiger partial charge in [0.25, 0.3) is 0 Å². The van der Waals surface area contributed by atoms with Crippen LogP contribution in [0.15, 0.2) is 24.3 Å². The Labute approximate surface area is 98.3 Å². The van der Waals surface area contributed by atoms with Crippen molar-refractivity contribution in [1.29, 1.82) is 0 Å². The Bertz CT molecular complexity index is 297. The van der Waals surface area contributed by atoms with Gasteiger partial charge in [-0.3, -0.25) is 0 Å². The molecule has 0 amide bonds. The van der Waals surface area contributed by atoms with Gasteiger partial charge in [-0.1, -0.05) is 36.8 Å². The summed E-state index contributed by atoms with van der Waals surface area (Å²) in [7, 11) is 0. The molecule has 90 valence electrons. The van der Waals surface area contributed by atoms with Gasteiger partial charge in [-0.25, -0.2) is 0 Å². The molecule has 0 saturated heterocycles. The highest BCUT2D eigenvalue weighted by Crippen LogP contribution is 2.08. The molecule has 1 rings (SSSR count). The Hall–Kier alpha value is -0.860. The number of aryl methyl sites for hydroxylation is 2. The Balaban J connectivity index is 2.23. The molecule has 0 aliphatic carbocycles. The zero-order valence-corrected chi connectivity index (χ0v) is 10.3. The third kappa shape index (κ3) is 5.29. The van der Waals surface area contributed by atoms with Crippen LogP contribution >= 0.6 is 0 Å². The van der Waals surface area contributed by atoms with Crippen molar-refractivity contribution in [2.24, 2.45) is 0 Å². The normalized spacial score (nSPS) is 12.7. The summed E-state index contributed by atoms with van der Waals surface area (Å²) >= 11 is 0. The lowest BCUT2D eigenvalue weighted by Crippen LogP contribution is -2.16. The van der Waals surface area contributed by atoms with Crippen LogP contribution in [0.3, 0.4) is 0 Å². The number of rotatable bonds is 7. The van der Waals surface area contributed by atoms with E-state index in [1.165, 1.54) is 11.1 Å². The summed E-state index contributed by atoms with van der Waals surface area (Å²) in [5.41, 5.74) is 2.56. The highest BCUT2D eigenvalue weighted by Gasteiger charge is 2.04. The molecule has 0 radical (unpaired) electrons. The van der Waals surface area contributed by atoms with E-state index in [2.05, 4.69) is 38.1 Å². The molecule has 0 heterocycles. The molecule has 1 unspecified atom stereocenters. The Morgan fingerprint density at radius 2 is 2.19 bits per heavy atom. The minimum atomic E-state index is -0.341. The molecule has 2 nitrogen and oxygen atoms in total. The van der Waals surface area contributed by atoms with E-state index < -0.39 is 0 Å². The lowest BCUT2D eigenvalue weighted by Gasteiger charge is -2.10. The number of aliphatic hydroxyl groups excluding tert-OH is 1. The molecule has 0 saturated carbocycles. The standard InChI is InChI=1S/C14H22O2/c1-3-9-16-11-14(15)8-7-13-6-4-5-12(2)10-13/h4-6,10,14-15H,3,7-9,11H2,1-2H3. The molecule has 0 bridgehead atoms. The highest BCUT2D eigenvalue weighted by atomic mass is 16.5. The van der Waals surface area contributed by atoms with Gasteiger partial charge < -0.3 is 9.84 Å². The molecule has 1 atom stereocenters. The van der Waals surface area contributed by atoms with Crippen LogP contribution in [-0.4, -0.2) is 24.4 Å². The predicted octanol–water partition coefficient (Wildman–Crippen LogP) is 2.72. The number of hydrogen-bond donors (Lipinski definition) is 1. The van der Waals surface area contributed by atoms with Crippen molar-refractivity contribution in [1.82, 2.24) is 0 Å². The molecule has 2 heteroatoms. The minimum Gasteiger partial charge on any atom is -0.391 e. The summed E-state index contributed by atoms with van der Waals surface area (Å²) in [4.78, 5) is 0. The summed E-state index contributed by atoms with van der Waals surface area (Å²) in [5.74, 6) is 0. The van der Waals surface area contributed by atoms with E-state index in [0.29, 0.717) is 6.61 Å². The highest BCUT2D eigenvalue weighted by molar-refractivity contribution is 5.22. The van der Waals surface area contributed by atoms with Gasteiger partial charge in [0.2, 0.25) is 0 Å². The molecule has 0 aliphatic rings. The van der Waals surface area contributed by atoms with Gasteiger partial charge in [-0.15, -0.1) is 0 Å². The molecule has 1 N–H and O–H groups in total. The summed E-state index contributed by atoms with van der Waals surface area (Å²) < 4.78 is 5.31. The number of benzene rings is 1. The van der Waals surface area contributed by atoms with Crippen LogP contribution in [0, 0.1) is 6.92 Å². The van der Waals surface area contributed by atoms with Crippen LogP contribution in [0.5, 0.6) is 0 Å². The van der Waals surface area contributed by atoms with Gasteiger partial charge in [0.05, 0.1) is 12.7 Å². The van der Waals surface area contributed by atoms with Crippen molar-refractivity contribution in [3.05, 3.63) is 35.4 Å². The van der Waals surface area contributed by atoms with Gasteiger partial charge in [-0.05, 0) is 31.7 Å². The first kappa shape index (κ1) is 13.2. The molecular formula is C14H22O2.